The summed E-state index contributed by atoms with van der Waals surface area (Å²) in [5.41, 5.74) is 11.4. The summed E-state index contributed by atoms with van der Waals surface area (Å²) in [6.07, 6.45) is 9.65. The number of aryl methyl sites for hydroxylation is 4. The van der Waals surface area contributed by atoms with Crippen LogP contribution in [0.3, 0.4) is 0 Å². The molecular formula is C78H79Cl2N15O9S2. The van der Waals surface area contributed by atoms with E-state index in [0.717, 1.165) is 105 Å². The fourth-order valence-electron chi connectivity index (χ4n) is 12.8. The topological polar surface area (TPSA) is 277 Å². The number of amides is 5. The van der Waals surface area contributed by atoms with Crippen molar-refractivity contribution in [3.63, 3.8) is 0 Å². The SMILES string of the molecule is C=C1CCN(c2cnc3ccc(OCCCOCCCNC(=O)C[C@@H]4N=C(c5ccc(Cl)cc5)c5c(sc(C)c5C)-n5c(C)nnc54)cc3c2)C(=O)N1.Cc1sc2c(c1C)C(c1ccc(Cl)cc1)=N[C@@H](CC(=O)NCCCOCCCOc1cccc3ncc(N4C=CC(=O)CC4=O)cc13)c1nnc(C)n1-2. The van der Waals surface area contributed by atoms with Gasteiger partial charge < -0.3 is 34.9 Å². The van der Waals surface area contributed by atoms with Crippen LogP contribution in [0.15, 0.2) is 144 Å². The second-order valence-corrected chi connectivity index (χ2v) is 29.3. The number of aromatic nitrogens is 8. The minimum Gasteiger partial charge on any atom is -0.493 e. The average molecular weight is 1510 g/mol. The molecule has 1 fully saturated rings. The number of nitrogens with zero attached hydrogens (tertiary/aromatic N) is 12. The van der Waals surface area contributed by atoms with E-state index < -0.39 is 12.1 Å². The van der Waals surface area contributed by atoms with Crippen molar-refractivity contribution in [2.24, 2.45) is 9.98 Å². The highest BCUT2D eigenvalue weighted by Gasteiger charge is 2.35. The number of carbonyl (C=O) groups is 5. The largest absolute Gasteiger partial charge is 0.493 e. The number of ether oxygens (including phenoxy) is 4. The average Bonchev–Trinajstić information content (AvgIpc) is 1.60. The lowest BCUT2D eigenvalue weighted by Gasteiger charge is -2.28. The molecule has 24 nitrogen and oxygen atoms in total. The van der Waals surface area contributed by atoms with Gasteiger partial charge in [0.2, 0.25) is 17.7 Å². The predicted octanol–water partition coefficient (Wildman–Crippen LogP) is 13.7. The van der Waals surface area contributed by atoms with Crippen molar-refractivity contribution in [2.75, 3.05) is 69.1 Å². The van der Waals surface area contributed by atoms with Gasteiger partial charge in [0.1, 0.15) is 45.2 Å². The zero-order valence-corrected chi connectivity index (χ0v) is 62.7. The molecule has 4 aliphatic heterocycles. The molecule has 6 aromatic heterocycles. The third-order valence-electron chi connectivity index (χ3n) is 18.5. The Labute approximate surface area is 630 Å². The summed E-state index contributed by atoms with van der Waals surface area (Å²) in [5.74, 6) is 3.41. The number of allylic oxidation sites excluding steroid dienone is 1. The molecule has 28 heteroatoms. The summed E-state index contributed by atoms with van der Waals surface area (Å²) in [4.78, 5) is 87.7. The van der Waals surface area contributed by atoms with Gasteiger partial charge in [-0.05, 0) is 138 Å². The molecule has 4 aliphatic rings. The Hall–Kier alpha value is -10.3. The first kappa shape index (κ1) is 73.9. The fraction of sp³-hybridized carbons (Fsp3) is 0.321. The number of benzene rings is 4. The number of carbonyl (C=O) groups excluding carboxylic acids is 5. The molecule has 3 N–H and O–H groups in total. The minimum absolute atomic E-state index is 0.115. The molecule has 10 aromatic rings. The maximum Gasteiger partial charge on any atom is 0.326 e. The summed E-state index contributed by atoms with van der Waals surface area (Å²) >= 11 is 15.8. The highest BCUT2D eigenvalue weighted by Crippen LogP contribution is 2.42. The molecule has 5 amide bonds. The van der Waals surface area contributed by atoms with Crippen LogP contribution in [0.5, 0.6) is 11.5 Å². The molecule has 0 saturated carbocycles. The maximum atomic E-state index is 13.3. The lowest BCUT2D eigenvalue weighted by Crippen LogP contribution is -2.45. The van der Waals surface area contributed by atoms with E-state index in [-0.39, 0.29) is 48.8 Å². The molecule has 0 spiro atoms. The Morgan fingerprint density at radius 3 is 1.74 bits per heavy atom. The Bertz CT molecular complexity index is 5100. The summed E-state index contributed by atoms with van der Waals surface area (Å²) in [5, 5.41) is 31.5. The number of halogens is 2. The normalized spacial score (nSPS) is 15.4. The highest BCUT2D eigenvalue weighted by molar-refractivity contribution is 7.15. The number of anilines is 2. The monoisotopic (exact) mass is 1500 g/mol. The van der Waals surface area contributed by atoms with E-state index in [0.29, 0.717) is 125 Å². The van der Waals surface area contributed by atoms with E-state index in [1.54, 1.807) is 40.0 Å². The Kier molecular flexibility index (Phi) is 23.3. The van der Waals surface area contributed by atoms with Gasteiger partial charge >= 0.3 is 6.03 Å². The number of urea groups is 1. The van der Waals surface area contributed by atoms with Crippen LogP contribution < -0.4 is 35.2 Å². The molecule has 14 rings (SSSR count). The molecule has 0 aliphatic carbocycles. The van der Waals surface area contributed by atoms with Gasteiger partial charge in [-0.1, -0.05) is 60.1 Å². The predicted molar refractivity (Wildman–Crippen MR) is 412 cm³/mol. The number of hydrogen-bond acceptors (Lipinski definition) is 19. The third-order valence-corrected chi connectivity index (χ3v) is 21.4. The smallest absolute Gasteiger partial charge is 0.326 e. The van der Waals surface area contributed by atoms with E-state index in [2.05, 4.69) is 80.6 Å². The van der Waals surface area contributed by atoms with E-state index in [4.69, 9.17) is 52.1 Å². The van der Waals surface area contributed by atoms with Gasteiger partial charge in [0.15, 0.2) is 17.4 Å². The van der Waals surface area contributed by atoms with Crippen LogP contribution in [0.25, 0.3) is 31.8 Å². The van der Waals surface area contributed by atoms with Gasteiger partial charge in [-0.25, -0.2) is 4.79 Å². The van der Waals surface area contributed by atoms with Crippen molar-refractivity contribution >= 4 is 120 Å². The zero-order chi connectivity index (χ0) is 74.1. The number of fused-ring (bicyclic) bond motifs is 8. The number of pyridine rings is 2. The Morgan fingerprint density at radius 2 is 1.17 bits per heavy atom. The van der Waals surface area contributed by atoms with Crippen molar-refractivity contribution in [3.8, 4) is 21.5 Å². The zero-order valence-electron chi connectivity index (χ0n) is 59.5. The second-order valence-electron chi connectivity index (χ2n) is 26.0. The number of thiophene rings is 2. The molecule has 0 bridgehead atoms. The van der Waals surface area contributed by atoms with Crippen LogP contribution in [0, 0.1) is 41.5 Å². The molecule has 4 aromatic carbocycles. The molecule has 2 atom stereocenters. The quantitative estimate of drug-likeness (QED) is 0.0336. The Balaban J connectivity index is 0.000000188. The fourth-order valence-corrected chi connectivity index (χ4v) is 15.5. The summed E-state index contributed by atoms with van der Waals surface area (Å²) in [6, 6.07) is 29.1. The number of aliphatic imine (C=N–C) groups is 2. The second kappa shape index (κ2) is 33.4. The number of ketones is 1. The number of hydrogen-bond donors (Lipinski definition) is 3. The summed E-state index contributed by atoms with van der Waals surface area (Å²) < 4.78 is 27.8. The minimum atomic E-state index is -0.531. The van der Waals surface area contributed by atoms with Crippen molar-refractivity contribution < 1.29 is 42.9 Å². The highest BCUT2D eigenvalue weighted by atomic mass is 35.5. The van der Waals surface area contributed by atoms with Crippen LogP contribution in [0.2, 0.25) is 10.0 Å². The van der Waals surface area contributed by atoms with Crippen LogP contribution >= 0.6 is 45.9 Å². The van der Waals surface area contributed by atoms with Gasteiger partial charge in [-0.15, -0.1) is 43.1 Å². The van der Waals surface area contributed by atoms with Gasteiger partial charge in [-0.3, -0.25) is 58.1 Å². The van der Waals surface area contributed by atoms with E-state index in [1.807, 2.05) is 120 Å². The van der Waals surface area contributed by atoms with Gasteiger partial charge in [0.05, 0.1) is 78.7 Å². The van der Waals surface area contributed by atoms with Crippen LogP contribution in [0.1, 0.15) is 130 Å². The lowest BCUT2D eigenvalue weighted by atomic mass is 9.99. The van der Waals surface area contributed by atoms with E-state index in [9.17, 15) is 24.0 Å². The van der Waals surface area contributed by atoms with Crippen molar-refractivity contribution in [3.05, 3.63) is 210 Å². The first-order valence-electron chi connectivity index (χ1n) is 35.1. The maximum absolute atomic E-state index is 13.3. The van der Waals surface area contributed by atoms with Crippen LogP contribution in [-0.2, 0) is 28.7 Å². The van der Waals surface area contributed by atoms with Crippen LogP contribution in [-0.4, -0.2) is 140 Å². The van der Waals surface area contributed by atoms with Gasteiger partial charge in [0.25, 0.3) is 0 Å². The molecule has 1 saturated heterocycles. The first-order chi connectivity index (χ1) is 51.3. The molecule has 546 valence electrons. The third kappa shape index (κ3) is 16.8. The summed E-state index contributed by atoms with van der Waals surface area (Å²) in [7, 11) is 0. The van der Waals surface area contributed by atoms with Gasteiger partial charge in [0, 0.05) is 130 Å². The Morgan fingerprint density at radius 1 is 0.623 bits per heavy atom. The van der Waals surface area contributed by atoms with Crippen molar-refractivity contribution in [2.45, 2.75) is 105 Å². The molecular weight excluding hydrogens is 1430 g/mol. The van der Waals surface area contributed by atoms with E-state index in [1.165, 1.54) is 26.9 Å². The van der Waals surface area contributed by atoms with Crippen LogP contribution in [0.4, 0.5) is 16.2 Å². The van der Waals surface area contributed by atoms with E-state index >= 15 is 0 Å². The lowest BCUT2D eigenvalue weighted by molar-refractivity contribution is -0.125. The summed E-state index contributed by atoms with van der Waals surface area (Å²) in [6.45, 7) is 20.5. The molecule has 10 heterocycles. The number of rotatable bonds is 26. The first-order valence-corrected chi connectivity index (χ1v) is 37.5. The van der Waals surface area contributed by atoms with Gasteiger partial charge in [-0.2, -0.15) is 0 Å². The molecule has 106 heavy (non-hydrogen) atoms. The molecule has 0 radical (unpaired) electrons. The van der Waals surface area contributed by atoms with Crippen molar-refractivity contribution in [1.29, 1.82) is 0 Å². The van der Waals surface area contributed by atoms with Crippen molar-refractivity contribution in [1.82, 2.24) is 55.4 Å². The number of nitrogens with one attached hydrogen (secondary N) is 3. The molecule has 0 unspecified atom stereocenters. The standard InChI is InChI=1S/C39H41ClN8O4S.C39H38ClN7O5S/c1-23-13-15-47(39(50)43-23)30-19-28-20-31(11-12-32(28)42-22-30)52-18-6-17-51-16-5-14-41-34(49)21-33-37-46-45-26(4)48(37)38-35(24(2)25(3)53-38)36(44-33)27-7-9-29(40)10-8-27;1-23-24(2)53-39-36(23)37(26-9-11-27(40)12-10-26)43-32(38-45-44-25(3)47(38)39)21-34(49)41-14-5-16-51-17-6-18-52-33-8-4-7-31-30(33)19-28(22-42-31)46-15-13-29(48)20-35(46)50/h7-12,19-20,22,33H,1,5-6,13-18,21H2,2-4H3,(H,41,49)(H,43,50);4,7-13,15,19,22,32H,5-6,14,16-18,20-21H2,1-3H3,(H,41,49)/t33-;32-/m00/s1.